The zero-order chi connectivity index (χ0) is 23.0. The predicted molar refractivity (Wildman–Crippen MR) is 107 cm³/mol. The van der Waals surface area contributed by atoms with Crippen molar-refractivity contribution >= 4 is 16.1 Å². The lowest BCUT2D eigenvalue weighted by atomic mass is 10.1. The molecular formula is C20H21F2N3O5S. The smallest absolute Gasteiger partial charge is 0.410 e. The van der Waals surface area contributed by atoms with Crippen LogP contribution in [0.5, 0.6) is 0 Å². The Morgan fingerprint density at radius 3 is 2.58 bits per heavy atom. The third-order valence-corrected chi connectivity index (χ3v) is 5.80. The minimum absolute atomic E-state index is 0.154. The molecule has 11 heteroatoms. The first-order chi connectivity index (χ1) is 14.4. The molecular weight excluding hydrogens is 432 g/mol. The number of carbonyl (C=O) groups excluding carboxylic acids is 1. The Morgan fingerprint density at radius 2 is 2.00 bits per heavy atom. The van der Waals surface area contributed by atoms with E-state index in [0.29, 0.717) is 3.97 Å². The molecule has 31 heavy (non-hydrogen) atoms. The predicted octanol–water partition coefficient (Wildman–Crippen LogP) is 4.03. The Kier molecular flexibility index (Phi) is 5.90. The molecule has 8 nitrogen and oxygen atoms in total. The van der Waals surface area contributed by atoms with E-state index < -0.39 is 39.2 Å². The molecule has 0 N–H and O–H groups in total. The number of ether oxygens (including phenoxy) is 1. The van der Waals surface area contributed by atoms with E-state index in [0.717, 1.165) is 29.8 Å². The summed E-state index contributed by atoms with van der Waals surface area (Å²) >= 11 is 0. The zero-order valence-corrected chi connectivity index (χ0v) is 18.1. The first-order valence-electron chi connectivity index (χ1n) is 9.14. The van der Waals surface area contributed by atoms with Crippen molar-refractivity contribution in [2.24, 2.45) is 0 Å². The van der Waals surface area contributed by atoms with Crippen LogP contribution in [0.25, 0.3) is 11.3 Å². The second kappa shape index (κ2) is 8.14. The molecule has 0 radical (unpaired) electrons. The maximum atomic E-state index is 15.4. The summed E-state index contributed by atoms with van der Waals surface area (Å²) in [7, 11) is -2.95. The lowest BCUT2D eigenvalue weighted by Crippen LogP contribution is -2.33. The van der Waals surface area contributed by atoms with E-state index in [4.69, 9.17) is 9.15 Å². The van der Waals surface area contributed by atoms with E-state index in [-0.39, 0.29) is 22.6 Å². The van der Waals surface area contributed by atoms with Crippen molar-refractivity contribution < 1.29 is 31.1 Å². The maximum absolute atomic E-state index is 15.4. The number of aromatic nitrogens is 2. The van der Waals surface area contributed by atoms with Crippen molar-refractivity contribution in [2.75, 3.05) is 7.05 Å². The SMILES string of the molecule is CN(Cc1cn(S(=O)(=O)c2ccoc2)c(-c2cccnc2F)c1F)C(=O)OC(C)(C)C. The average Bonchev–Trinajstić information content (AvgIpc) is 3.31. The standard InChI is InChI=1S/C20H21F2N3O5S/c1-20(2,3)30-19(26)24(4)10-13-11-25(31(27,28)14-7-9-29-12-14)17(16(13)21)15-6-5-8-23-18(15)22/h5-9,11-12H,10H2,1-4H3. The van der Waals surface area contributed by atoms with Gasteiger partial charge in [-0.05, 0) is 39.0 Å². The number of amides is 1. The first kappa shape index (κ1) is 22.5. The second-order valence-corrected chi connectivity index (χ2v) is 9.57. The van der Waals surface area contributed by atoms with Gasteiger partial charge in [0.2, 0.25) is 5.95 Å². The molecule has 0 unspecified atom stereocenters. The Labute approximate surface area is 178 Å². The fourth-order valence-corrected chi connectivity index (χ4v) is 4.10. The van der Waals surface area contributed by atoms with E-state index in [1.54, 1.807) is 20.8 Å². The van der Waals surface area contributed by atoms with Gasteiger partial charge in [0, 0.05) is 25.0 Å². The molecule has 0 spiro atoms. The first-order valence-corrected chi connectivity index (χ1v) is 10.6. The summed E-state index contributed by atoms with van der Waals surface area (Å²) in [6, 6.07) is 3.75. The number of halogens is 2. The molecule has 0 aliphatic rings. The van der Waals surface area contributed by atoms with Crippen molar-refractivity contribution in [1.82, 2.24) is 13.9 Å². The summed E-state index contributed by atoms with van der Waals surface area (Å²) in [6.07, 6.45) is 3.55. The Bertz CT molecular complexity index is 1200. The molecule has 0 aromatic carbocycles. The Balaban J connectivity index is 2.11. The molecule has 0 aliphatic heterocycles. The highest BCUT2D eigenvalue weighted by Gasteiger charge is 2.30. The second-order valence-electron chi connectivity index (χ2n) is 7.76. The Hall–Kier alpha value is -3.21. The minimum atomic E-state index is -4.32. The molecule has 0 fully saturated rings. The van der Waals surface area contributed by atoms with Gasteiger partial charge in [0.25, 0.3) is 10.0 Å². The van der Waals surface area contributed by atoms with Crippen LogP contribution in [0.3, 0.4) is 0 Å². The third-order valence-electron chi connectivity index (χ3n) is 4.16. The largest absolute Gasteiger partial charge is 0.471 e. The average molecular weight is 453 g/mol. The minimum Gasteiger partial charge on any atom is -0.471 e. The van der Waals surface area contributed by atoms with Gasteiger partial charge in [-0.25, -0.2) is 26.6 Å². The number of rotatable bonds is 5. The van der Waals surface area contributed by atoms with E-state index in [1.165, 1.54) is 25.2 Å². The van der Waals surface area contributed by atoms with Crippen molar-refractivity contribution in [3.05, 3.63) is 60.4 Å². The monoisotopic (exact) mass is 453 g/mol. The van der Waals surface area contributed by atoms with Crippen molar-refractivity contribution in [3.8, 4) is 11.3 Å². The van der Waals surface area contributed by atoms with Crippen molar-refractivity contribution in [2.45, 2.75) is 37.8 Å². The van der Waals surface area contributed by atoms with Crippen molar-refractivity contribution in [3.63, 3.8) is 0 Å². The van der Waals surface area contributed by atoms with Crippen LogP contribution in [0, 0.1) is 11.8 Å². The summed E-state index contributed by atoms with van der Waals surface area (Å²) in [5, 5.41) is 0. The molecule has 0 atom stereocenters. The summed E-state index contributed by atoms with van der Waals surface area (Å²) < 4.78 is 66.6. The molecule has 3 aromatic rings. The van der Waals surface area contributed by atoms with Gasteiger partial charge in [-0.15, -0.1) is 0 Å². The van der Waals surface area contributed by atoms with Crippen LogP contribution >= 0.6 is 0 Å². The van der Waals surface area contributed by atoms with Crippen LogP contribution in [-0.2, 0) is 21.3 Å². The molecule has 0 saturated heterocycles. The number of hydrogen-bond donors (Lipinski definition) is 0. The summed E-state index contributed by atoms with van der Waals surface area (Å²) in [4.78, 5) is 16.6. The molecule has 0 bridgehead atoms. The van der Waals surface area contributed by atoms with Gasteiger partial charge >= 0.3 is 6.09 Å². The van der Waals surface area contributed by atoms with E-state index in [9.17, 15) is 17.6 Å². The van der Waals surface area contributed by atoms with Crippen LogP contribution in [0.15, 0.2) is 52.4 Å². The highest BCUT2D eigenvalue weighted by molar-refractivity contribution is 7.90. The lowest BCUT2D eigenvalue weighted by Gasteiger charge is -2.24. The molecule has 3 rings (SSSR count). The highest BCUT2D eigenvalue weighted by Crippen LogP contribution is 2.32. The van der Waals surface area contributed by atoms with Crippen LogP contribution in [-0.4, -0.2) is 41.0 Å². The van der Waals surface area contributed by atoms with Gasteiger partial charge in [0.05, 0.1) is 18.4 Å². The molecule has 3 heterocycles. The van der Waals surface area contributed by atoms with Gasteiger partial charge in [-0.3, -0.25) is 0 Å². The zero-order valence-electron chi connectivity index (χ0n) is 17.3. The van der Waals surface area contributed by atoms with Crippen LogP contribution < -0.4 is 0 Å². The number of hydrogen-bond acceptors (Lipinski definition) is 6. The molecule has 1 amide bonds. The van der Waals surface area contributed by atoms with Gasteiger partial charge in [-0.1, -0.05) is 0 Å². The van der Waals surface area contributed by atoms with E-state index >= 15 is 4.39 Å². The lowest BCUT2D eigenvalue weighted by molar-refractivity contribution is 0.0284. The number of nitrogens with zero attached hydrogens (tertiary/aromatic N) is 3. The van der Waals surface area contributed by atoms with Crippen LogP contribution in [0.4, 0.5) is 13.6 Å². The third kappa shape index (κ3) is 4.61. The summed E-state index contributed by atoms with van der Waals surface area (Å²) in [5.41, 5.74) is -1.82. The maximum Gasteiger partial charge on any atom is 0.410 e. The summed E-state index contributed by atoms with van der Waals surface area (Å²) in [6.45, 7) is 4.72. The van der Waals surface area contributed by atoms with Gasteiger partial charge in [0.1, 0.15) is 22.5 Å². The summed E-state index contributed by atoms with van der Waals surface area (Å²) in [5.74, 6) is -2.05. The number of carbonyl (C=O) groups is 1. The number of pyridine rings is 1. The van der Waals surface area contributed by atoms with Crippen LogP contribution in [0.2, 0.25) is 0 Å². The topological polar surface area (TPSA) is 94.6 Å². The molecule has 0 saturated carbocycles. The van der Waals surface area contributed by atoms with Gasteiger partial charge in [-0.2, -0.15) is 4.39 Å². The Morgan fingerprint density at radius 1 is 1.29 bits per heavy atom. The van der Waals surface area contributed by atoms with Crippen molar-refractivity contribution in [1.29, 1.82) is 0 Å². The molecule has 3 aromatic heterocycles. The van der Waals surface area contributed by atoms with E-state index in [2.05, 4.69) is 4.98 Å². The quantitative estimate of drug-likeness (QED) is 0.542. The normalized spacial score (nSPS) is 12.1. The van der Waals surface area contributed by atoms with Gasteiger partial charge in [0.15, 0.2) is 5.82 Å². The van der Waals surface area contributed by atoms with Crippen LogP contribution in [0.1, 0.15) is 26.3 Å². The highest BCUT2D eigenvalue weighted by atomic mass is 32.2. The van der Waals surface area contributed by atoms with E-state index in [1.807, 2.05) is 0 Å². The fourth-order valence-electron chi connectivity index (χ4n) is 2.78. The molecule has 0 aliphatic carbocycles. The molecule has 166 valence electrons. The fraction of sp³-hybridized carbons (Fsp3) is 0.300. The number of furan rings is 1. The van der Waals surface area contributed by atoms with Gasteiger partial charge < -0.3 is 14.1 Å².